The first kappa shape index (κ1) is 17.3. The lowest BCUT2D eigenvalue weighted by Gasteiger charge is -2.25. The molecule has 0 radical (unpaired) electrons. The zero-order chi connectivity index (χ0) is 19.0. The normalized spacial score (nSPS) is 14.5. The molecule has 1 aliphatic rings. The second-order valence-corrected chi connectivity index (χ2v) is 6.67. The number of nitrogens with zero attached hydrogens (tertiary/aromatic N) is 4. The highest BCUT2D eigenvalue weighted by atomic mass is 19.1. The molecule has 7 nitrogen and oxygen atoms in total. The maximum atomic E-state index is 14.6. The van der Waals surface area contributed by atoms with Crippen LogP contribution in [-0.2, 0) is 7.05 Å². The fourth-order valence-electron chi connectivity index (χ4n) is 3.44. The molecule has 27 heavy (non-hydrogen) atoms. The Morgan fingerprint density at radius 1 is 1.22 bits per heavy atom. The molecule has 0 atom stereocenters. The van der Waals surface area contributed by atoms with Gasteiger partial charge in [0.2, 0.25) is 0 Å². The van der Waals surface area contributed by atoms with Crippen LogP contribution in [0.4, 0.5) is 15.0 Å². The minimum atomic E-state index is -0.606. The third-order valence-corrected chi connectivity index (χ3v) is 4.84. The molecule has 0 aliphatic carbocycles. The molecule has 3 heterocycles. The fourth-order valence-corrected chi connectivity index (χ4v) is 3.44. The van der Waals surface area contributed by atoms with Crippen LogP contribution < -0.4 is 10.5 Å². The number of ether oxygens (including phenoxy) is 1. The third-order valence-electron chi connectivity index (χ3n) is 4.84. The lowest BCUT2D eigenvalue weighted by atomic mass is 10.1. The number of carbonyl (C=O) groups is 1. The van der Waals surface area contributed by atoms with Gasteiger partial charge in [0, 0.05) is 31.9 Å². The van der Waals surface area contributed by atoms with E-state index in [1.165, 1.54) is 18.5 Å². The molecule has 2 aromatic heterocycles. The molecule has 0 bridgehead atoms. The summed E-state index contributed by atoms with van der Waals surface area (Å²) < 4.78 is 21.7. The van der Waals surface area contributed by atoms with Crippen LogP contribution in [0.25, 0.3) is 22.2 Å². The van der Waals surface area contributed by atoms with Crippen molar-refractivity contribution in [1.82, 2.24) is 19.4 Å². The number of amides is 1. The summed E-state index contributed by atoms with van der Waals surface area (Å²) >= 11 is 0. The number of aromatic nitrogens is 3. The quantitative estimate of drug-likeness (QED) is 0.749. The lowest BCUT2D eigenvalue weighted by Crippen LogP contribution is -2.37. The fraction of sp³-hybridized carbons (Fsp3) is 0.316. The van der Waals surface area contributed by atoms with E-state index in [4.69, 9.17) is 10.5 Å². The average Bonchev–Trinajstić information content (AvgIpc) is 3.02. The maximum absolute atomic E-state index is 14.6. The van der Waals surface area contributed by atoms with Crippen molar-refractivity contribution >= 4 is 22.9 Å². The largest absolute Gasteiger partial charge is 0.415 e. The Kier molecular flexibility index (Phi) is 4.39. The number of fused-ring (bicyclic) bond motifs is 1. The SMILES string of the molecule is Cn1cc(-c2ccc(OC(=O)N3CCCCC3)c(F)c2)c2c(N)ncnc21. The number of carbonyl (C=O) groups excluding carboxylic acids is 1. The molecule has 0 spiro atoms. The summed E-state index contributed by atoms with van der Waals surface area (Å²) in [5.74, 6) is -0.360. The number of benzene rings is 1. The van der Waals surface area contributed by atoms with Gasteiger partial charge in [0.05, 0.1) is 5.39 Å². The van der Waals surface area contributed by atoms with Crippen LogP contribution in [0.2, 0.25) is 0 Å². The maximum Gasteiger partial charge on any atom is 0.415 e. The van der Waals surface area contributed by atoms with Gasteiger partial charge in [0.15, 0.2) is 11.6 Å². The number of rotatable bonds is 2. The van der Waals surface area contributed by atoms with E-state index >= 15 is 0 Å². The van der Waals surface area contributed by atoms with Gasteiger partial charge in [0.25, 0.3) is 0 Å². The van der Waals surface area contributed by atoms with Crippen LogP contribution in [0.5, 0.6) is 5.75 Å². The van der Waals surface area contributed by atoms with Crippen molar-refractivity contribution < 1.29 is 13.9 Å². The summed E-state index contributed by atoms with van der Waals surface area (Å²) in [6.45, 7) is 1.29. The number of piperidine rings is 1. The van der Waals surface area contributed by atoms with Crippen LogP contribution in [0.15, 0.2) is 30.7 Å². The van der Waals surface area contributed by atoms with Crippen molar-refractivity contribution in [2.45, 2.75) is 19.3 Å². The smallest absolute Gasteiger partial charge is 0.407 e. The standard InChI is InChI=1S/C19H20FN5O2/c1-24-10-13(16-17(21)22-11-23-18(16)24)12-5-6-15(14(20)9-12)27-19(26)25-7-3-2-4-8-25/h5-6,9-11H,2-4,7-8H2,1H3,(H2,21,22,23). The number of likely N-dealkylation sites (tertiary alicyclic amines) is 1. The van der Waals surface area contributed by atoms with Gasteiger partial charge in [-0.05, 0) is 37.0 Å². The average molecular weight is 369 g/mol. The highest BCUT2D eigenvalue weighted by molar-refractivity contribution is 6.00. The van der Waals surface area contributed by atoms with E-state index in [0.29, 0.717) is 35.5 Å². The number of aryl methyl sites for hydroxylation is 1. The minimum Gasteiger partial charge on any atom is -0.407 e. The number of nitrogens with two attached hydrogens (primary N) is 1. The Hall–Kier alpha value is -3.16. The molecule has 1 amide bonds. The molecule has 8 heteroatoms. The van der Waals surface area contributed by atoms with E-state index in [0.717, 1.165) is 24.8 Å². The van der Waals surface area contributed by atoms with Gasteiger partial charge < -0.3 is 19.9 Å². The molecule has 140 valence electrons. The molecule has 0 saturated carbocycles. The van der Waals surface area contributed by atoms with Crippen LogP contribution in [0.1, 0.15) is 19.3 Å². The molecule has 3 aromatic rings. The van der Waals surface area contributed by atoms with Gasteiger partial charge >= 0.3 is 6.09 Å². The second kappa shape index (κ2) is 6.86. The van der Waals surface area contributed by atoms with Crippen molar-refractivity contribution in [3.63, 3.8) is 0 Å². The topological polar surface area (TPSA) is 86.3 Å². The van der Waals surface area contributed by atoms with E-state index < -0.39 is 11.9 Å². The number of halogens is 1. The highest BCUT2D eigenvalue weighted by Gasteiger charge is 2.21. The summed E-state index contributed by atoms with van der Waals surface area (Å²) in [6, 6.07) is 4.49. The van der Waals surface area contributed by atoms with Gasteiger partial charge in [-0.2, -0.15) is 0 Å². The molecule has 2 N–H and O–H groups in total. The third kappa shape index (κ3) is 3.18. The van der Waals surface area contributed by atoms with E-state index in [-0.39, 0.29) is 5.75 Å². The highest BCUT2D eigenvalue weighted by Crippen LogP contribution is 2.34. The Bertz CT molecular complexity index is 1010. The Morgan fingerprint density at radius 3 is 2.74 bits per heavy atom. The summed E-state index contributed by atoms with van der Waals surface area (Å²) in [5.41, 5.74) is 7.99. The van der Waals surface area contributed by atoms with Crippen LogP contribution in [0.3, 0.4) is 0 Å². The summed E-state index contributed by atoms with van der Waals surface area (Å²) in [6.07, 6.45) is 5.70. The minimum absolute atomic E-state index is 0.0845. The van der Waals surface area contributed by atoms with Gasteiger partial charge in [0.1, 0.15) is 17.8 Å². The predicted octanol–water partition coefficient (Wildman–Crippen LogP) is 3.34. The molecule has 1 fully saturated rings. The predicted molar refractivity (Wildman–Crippen MR) is 99.8 cm³/mol. The van der Waals surface area contributed by atoms with Crippen LogP contribution >= 0.6 is 0 Å². The molecule has 1 saturated heterocycles. The summed E-state index contributed by atoms with van der Waals surface area (Å²) in [4.78, 5) is 22.1. The molecule has 4 rings (SSSR count). The monoisotopic (exact) mass is 369 g/mol. The van der Waals surface area contributed by atoms with Gasteiger partial charge in [-0.1, -0.05) is 6.07 Å². The van der Waals surface area contributed by atoms with Crippen LogP contribution in [0, 0.1) is 5.82 Å². The molecular weight excluding hydrogens is 349 g/mol. The van der Waals surface area contributed by atoms with E-state index in [9.17, 15) is 9.18 Å². The first-order valence-electron chi connectivity index (χ1n) is 8.87. The number of nitrogen functional groups attached to an aromatic ring is 1. The Morgan fingerprint density at radius 2 is 2.00 bits per heavy atom. The van der Waals surface area contributed by atoms with Crippen molar-refractivity contribution in [3.8, 4) is 16.9 Å². The second-order valence-electron chi connectivity index (χ2n) is 6.67. The molecular formula is C19H20FN5O2. The Labute approximate surface area is 155 Å². The van der Waals surface area contributed by atoms with Gasteiger partial charge in [-0.3, -0.25) is 0 Å². The number of anilines is 1. The van der Waals surface area contributed by atoms with Crippen molar-refractivity contribution in [1.29, 1.82) is 0 Å². The van der Waals surface area contributed by atoms with Crippen molar-refractivity contribution in [2.75, 3.05) is 18.8 Å². The zero-order valence-corrected chi connectivity index (χ0v) is 15.0. The van der Waals surface area contributed by atoms with E-state index in [2.05, 4.69) is 9.97 Å². The molecule has 1 aromatic carbocycles. The van der Waals surface area contributed by atoms with Gasteiger partial charge in [-0.15, -0.1) is 0 Å². The molecule has 1 aliphatic heterocycles. The summed E-state index contributed by atoms with van der Waals surface area (Å²) in [7, 11) is 1.84. The number of hydrogen-bond acceptors (Lipinski definition) is 5. The zero-order valence-electron chi connectivity index (χ0n) is 15.0. The molecule has 0 unspecified atom stereocenters. The van der Waals surface area contributed by atoms with E-state index in [1.807, 2.05) is 17.8 Å². The van der Waals surface area contributed by atoms with E-state index in [1.54, 1.807) is 11.0 Å². The van der Waals surface area contributed by atoms with Crippen molar-refractivity contribution in [2.24, 2.45) is 7.05 Å². The lowest BCUT2D eigenvalue weighted by molar-refractivity contribution is 0.141. The first-order chi connectivity index (χ1) is 13.0. The summed E-state index contributed by atoms with van der Waals surface area (Å²) in [5, 5.41) is 0.664. The Balaban J connectivity index is 1.63. The van der Waals surface area contributed by atoms with Crippen LogP contribution in [-0.4, -0.2) is 38.6 Å². The van der Waals surface area contributed by atoms with Crippen molar-refractivity contribution in [3.05, 3.63) is 36.5 Å². The van der Waals surface area contributed by atoms with Gasteiger partial charge in [-0.25, -0.2) is 19.2 Å². The first-order valence-corrected chi connectivity index (χ1v) is 8.87. The number of hydrogen-bond donors (Lipinski definition) is 1.